The summed E-state index contributed by atoms with van der Waals surface area (Å²) in [5.41, 5.74) is 7.74. The van der Waals surface area contributed by atoms with Crippen molar-refractivity contribution in [2.24, 2.45) is 5.73 Å². The molecule has 23 heavy (non-hydrogen) atoms. The molecule has 2 N–H and O–H groups in total. The predicted octanol–water partition coefficient (Wildman–Crippen LogP) is 0.847. The zero-order valence-electron chi connectivity index (χ0n) is 13.4. The van der Waals surface area contributed by atoms with Gasteiger partial charge >= 0.3 is 6.03 Å². The molecule has 2 amide bonds. The van der Waals surface area contributed by atoms with Crippen LogP contribution < -0.4 is 5.73 Å². The first-order valence-corrected chi connectivity index (χ1v) is 7.78. The Hall–Kier alpha value is -2.41. The van der Waals surface area contributed by atoms with Gasteiger partial charge in [-0.2, -0.15) is 0 Å². The van der Waals surface area contributed by atoms with Crippen molar-refractivity contribution in [1.29, 1.82) is 0 Å². The SMILES string of the molecule is CN(Cc1cccnc1)Cc1cnc2n1CCN(C(N)=O)CC2. The van der Waals surface area contributed by atoms with Crippen LogP contribution in [0, 0.1) is 0 Å². The largest absolute Gasteiger partial charge is 0.351 e. The van der Waals surface area contributed by atoms with E-state index < -0.39 is 0 Å². The van der Waals surface area contributed by atoms with Gasteiger partial charge in [-0.3, -0.25) is 9.88 Å². The molecule has 1 aliphatic rings. The van der Waals surface area contributed by atoms with Gasteiger partial charge in [-0.1, -0.05) is 6.07 Å². The smallest absolute Gasteiger partial charge is 0.314 e. The van der Waals surface area contributed by atoms with Crippen molar-refractivity contribution in [1.82, 2.24) is 24.3 Å². The molecule has 0 radical (unpaired) electrons. The van der Waals surface area contributed by atoms with Crippen LogP contribution >= 0.6 is 0 Å². The Morgan fingerprint density at radius 3 is 2.91 bits per heavy atom. The number of rotatable bonds is 4. The number of primary amides is 1. The van der Waals surface area contributed by atoms with E-state index in [2.05, 4.69) is 32.5 Å². The highest BCUT2D eigenvalue weighted by atomic mass is 16.2. The quantitative estimate of drug-likeness (QED) is 0.907. The molecule has 122 valence electrons. The van der Waals surface area contributed by atoms with Crippen molar-refractivity contribution in [2.75, 3.05) is 20.1 Å². The number of nitrogens with zero attached hydrogens (tertiary/aromatic N) is 5. The minimum Gasteiger partial charge on any atom is -0.351 e. The van der Waals surface area contributed by atoms with Crippen LogP contribution in [0.1, 0.15) is 17.1 Å². The average Bonchev–Trinajstić information content (AvgIpc) is 2.78. The maximum atomic E-state index is 11.4. The van der Waals surface area contributed by atoms with E-state index in [9.17, 15) is 4.79 Å². The van der Waals surface area contributed by atoms with Crippen LogP contribution in [0.5, 0.6) is 0 Å². The number of urea groups is 1. The van der Waals surface area contributed by atoms with E-state index in [1.807, 2.05) is 18.5 Å². The van der Waals surface area contributed by atoms with Gasteiger partial charge in [-0.05, 0) is 18.7 Å². The molecule has 0 bridgehead atoms. The summed E-state index contributed by atoms with van der Waals surface area (Å²) in [5.74, 6) is 1.03. The summed E-state index contributed by atoms with van der Waals surface area (Å²) in [7, 11) is 2.08. The summed E-state index contributed by atoms with van der Waals surface area (Å²) in [6.07, 6.45) is 6.35. The number of carbonyl (C=O) groups is 1. The van der Waals surface area contributed by atoms with Crippen molar-refractivity contribution < 1.29 is 4.79 Å². The highest BCUT2D eigenvalue weighted by Crippen LogP contribution is 2.14. The van der Waals surface area contributed by atoms with E-state index >= 15 is 0 Å². The highest BCUT2D eigenvalue weighted by molar-refractivity contribution is 5.72. The molecule has 0 aromatic carbocycles. The van der Waals surface area contributed by atoms with Crippen molar-refractivity contribution >= 4 is 6.03 Å². The van der Waals surface area contributed by atoms with E-state index in [-0.39, 0.29) is 6.03 Å². The summed E-state index contributed by atoms with van der Waals surface area (Å²) in [6, 6.07) is 3.67. The normalized spacial score (nSPS) is 14.6. The number of carbonyl (C=O) groups excluding carboxylic acids is 1. The number of pyridine rings is 1. The average molecular weight is 314 g/mol. The molecule has 2 aromatic rings. The molecule has 0 atom stereocenters. The molecular weight excluding hydrogens is 292 g/mol. The third kappa shape index (κ3) is 3.68. The molecule has 1 aliphatic heterocycles. The molecule has 0 unspecified atom stereocenters. The monoisotopic (exact) mass is 314 g/mol. The molecule has 3 heterocycles. The third-order valence-corrected chi connectivity index (χ3v) is 4.14. The van der Waals surface area contributed by atoms with Crippen LogP contribution in [-0.2, 0) is 26.1 Å². The molecule has 3 rings (SSSR count). The third-order valence-electron chi connectivity index (χ3n) is 4.14. The van der Waals surface area contributed by atoms with Crippen LogP contribution in [-0.4, -0.2) is 50.5 Å². The van der Waals surface area contributed by atoms with Gasteiger partial charge < -0.3 is 15.2 Å². The van der Waals surface area contributed by atoms with Gasteiger partial charge in [0, 0.05) is 57.7 Å². The first-order chi connectivity index (χ1) is 11.1. The number of imidazole rings is 1. The lowest BCUT2D eigenvalue weighted by atomic mass is 10.2. The molecule has 0 saturated heterocycles. The Labute approximate surface area is 135 Å². The molecule has 0 fully saturated rings. The molecular formula is C16H22N6O. The van der Waals surface area contributed by atoms with Crippen LogP contribution in [0.2, 0.25) is 0 Å². The fraction of sp³-hybridized carbons (Fsp3) is 0.438. The maximum Gasteiger partial charge on any atom is 0.314 e. The van der Waals surface area contributed by atoms with Gasteiger partial charge in [0.05, 0.1) is 5.69 Å². The minimum absolute atomic E-state index is 0.356. The molecule has 0 aliphatic carbocycles. The number of nitrogens with two attached hydrogens (primary N) is 1. The van der Waals surface area contributed by atoms with Gasteiger partial charge in [0.25, 0.3) is 0 Å². The van der Waals surface area contributed by atoms with Crippen LogP contribution in [0.3, 0.4) is 0 Å². The van der Waals surface area contributed by atoms with Gasteiger partial charge in [0.1, 0.15) is 5.82 Å². The Kier molecular flexibility index (Phi) is 4.57. The number of hydrogen-bond acceptors (Lipinski definition) is 4. The molecule has 7 heteroatoms. The van der Waals surface area contributed by atoms with E-state index in [0.29, 0.717) is 13.1 Å². The van der Waals surface area contributed by atoms with Gasteiger partial charge in [0.15, 0.2) is 0 Å². The van der Waals surface area contributed by atoms with E-state index in [1.54, 1.807) is 11.1 Å². The van der Waals surface area contributed by atoms with Crippen LogP contribution in [0.25, 0.3) is 0 Å². The Morgan fingerprint density at radius 2 is 2.17 bits per heavy atom. The first kappa shape index (κ1) is 15.5. The van der Waals surface area contributed by atoms with Crippen molar-refractivity contribution in [3.8, 4) is 0 Å². The fourth-order valence-corrected chi connectivity index (χ4v) is 2.98. The number of hydrogen-bond donors (Lipinski definition) is 1. The maximum absolute atomic E-state index is 11.4. The molecule has 0 saturated carbocycles. The number of amides is 2. The topological polar surface area (TPSA) is 80.3 Å². The van der Waals surface area contributed by atoms with Crippen LogP contribution in [0.4, 0.5) is 4.79 Å². The first-order valence-electron chi connectivity index (χ1n) is 7.78. The summed E-state index contributed by atoms with van der Waals surface area (Å²) in [6.45, 7) is 3.66. The van der Waals surface area contributed by atoms with Crippen molar-refractivity contribution in [3.63, 3.8) is 0 Å². The lowest BCUT2D eigenvalue weighted by Crippen LogP contribution is -2.37. The Morgan fingerprint density at radius 1 is 1.30 bits per heavy atom. The molecule has 7 nitrogen and oxygen atoms in total. The lowest BCUT2D eigenvalue weighted by Gasteiger charge is -2.19. The fourth-order valence-electron chi connectivity index (χ4n) is 2.98. The second-order valence-corrected chi connectivity index (χ2v) is 5.93. The summed E-state index contributed by atoms with van der Waals surface area (Å²) < 4.78 is 2.21. The van der Waals surface area contributed by atoms with Crippen molar-refractivity contribution in [2.45, 2.75) is 26.1 Å². The second kappa shape index (κ2) is 6.78. The summed E-state index contributed by atoms with van der Waals surface area (Å²) >= 11 is 0. The zero-order valence-corrected chi connectivity index (χ0v) is 13.4. The van der Waals surface area contributed by atoms with E-state index in [0.717, 1.165) is 37.6 Å². The van der Waals surface area contributed by atoms with Crippen molar-refractivity contribution in [3.05, 3.63) is 47.8 Å². The Balaban J connectivity index is 1.66. The van der Waals surface area contributed by atoms with Gasteiger partial charge in [0.2, 0.25) is 0 Å². The van der Waals surface area contributed by atoms with Gasteiger partial charge in [-0.25, -0.2) is 9.78 Å². The van der Waals surface area contributed by atoms with Crippen LogP contribution in [0.15, 0.2) is 30.7 Å². The second-order valence-electron chi connectivity index (χ2n) is 5.93. The standard InChI is InChI=1S/C16H22N6O/c1-20(11-13-3-2-5-18-9-13)12-14-10-19-15-4-6-21(16(17)23)7-8-22(14)15/h2-3,5,9-10H,4,6-8,11-12H2,1H3,(H2,17,23). The van der Waals surface area contributed by atoms with E-state index in [4.69, 9.17) is 5.73 Å². The Bertz CT molecular complexity index is 668. The number of aromatic nitrogens is 3. The molecule has 2 aromatic heterocycles. The zero-order chi connectivity index (χ0) is 16.2. The minimum atomic E-state index is -0.356. The van der Waals surface area contributed by atoms with E-state index in [1.165, 1.54) is 5.56 Å². The summed E-state index contributed by atoms with van der Waals surface area (Å²) in [4.78, 5) is 23.9. The van der Waals surface area contributed by atoms with Gasteiger partial charge in [-0.15, -0.1) is 0 Å². The number of fused-ring (bicyclic) bond motifs is 1. The molecule has 0 spiro atoms. The summed E-state index contributed by atoms with van der Waals surface area (Å²) in [5, 5.41) is 0. The predicted molar refractivity (Wildman–Crippen MR) is 86.5 cm³/mol. The highest BCUT2D eigenvalue weighted by Gasteiger charge is 2.19. The lowest BCUT2D eigenvalue weighted by molar-refractivity contribution is 0.208.